The van der Waals surface area contributed by atoms with Crippen molar-refractivity contribution in [3.05, 3.63) is 35.9 Å². The molecule has 1 unspecified atom stereocenters. The number of carboxylic acid groups (broad SMARTS) is 1. The van der Waals surface area contributed by atoms with Crippen LogP contribution in [-0.2, 0) is 16.0 Å². The summed E-state index contributed by atoms with van der Waals surface area (Å²) in [5.74, 6) is -1.09. The fourth-order valence-corrected chi connectivity index (χ4v) is 2.25. The zero-order valence-corrected chi connectivity index (χ0v) is 11.1. The molecule has 0 bridgehead atoms. The van der Waals surface area contributed by atoms with Gasteiger partial charge >= 0.3 is 5.97 Å². The van der Waals surface area contributed by atoms with Crippen molar-refractivity contribution < 1.29 is 14.7 Å². The average molecular weight is 261 g/mol. The molecule has 1 aromatic rings. The van der Waals surface area contributed by atoms with Gasteiger partial charge in [0, 0.05) is 11.8 Å². The van der Waals surface area contributed by atoms with Gasteiger partial charge in [0.15, 0.2) is 0 Å². The topological polar surface area (TPSA) is 66.4 Å². The van der Waals surface area contributed by atoms with Gasteiger partial charge in [-0.25, -0.2) is 4.79 Å². The van der Waals surface area contributed by atoms with Gasteiger partial charge in [-0.3, -0.25) is 4.79 Å². The summed E-state index contributed by atoms with van der Waals surface area (Å²) in [7, 11) is 0. The van der Waals surface area contributed by atoms with Crippen molar-refractivity contribution in [1.82, 2.24) is 5.32 Å². The number of carbonyl (C=O) groups is 2. The third kappa shape index (κ3) is 3.13. The molecule has 1 fully saturated rings. The molecule has 2 rings (SSSR count). The first kappa shape index (κ1) is 13.6. The smallest absolute Gasteiger partial charge is 0.326 e. The SMILES string of the molecule is CCC1(C(=O)NC(Cc2ccccc2)C(=O)O)CC1. The highest BCUT2D eigenvalue weighted by atomic mass is 16.4. The van der Waals surface area contributed by atoms with Gasteiger partial charge in [-0.05, 0) is 24.8 Å². The first-order chi connectivity index (χ1) is 9.07. The molecule has 0 aliphatic heterocycles. The van der Waals surface area contributed by atoms with Crippen LogP contribution < -0.4 is 5.32 Å². The maximum absolute atomic E-state index is 12.1. The van der Waals surface area contributed by atoms with Crippen molar-refractivity contribution in [3.8, 4) is 0 Å². The van der Waals surface area contributed by atoms with Crippen LogP contribution in [0.1, 0.15) is 31.7 Å². The van der Waals surface area contributed by atoms with Gasteiger partial charge in [0.1, 0.15) is 6.04 Å². The number of hydrogen-bond acceptors (Lipinski definition) is 2. The van der Waals surface area contributed by atoms with Crippen LogP contribution >= 0.6 is 0 Å². The Labute approximate surface area is 112 Å². The standard InChI is InChI=1S/C15H19NO3/c1-2-15(8-9-15)14(19)16-12(13(17)18)10-11-6-4-3-5-7-11/h3-7,12H,2,8-10H2,1H3,(H,16,19)(H,17,18). The Hall–Kier alpha value is -1.84. The maximum Gasteiger partial charge on any atom is 0.326 e. The van der Waals surface area contributed by atoms with Gasteiger partial charge in [0.25, 0.3) is 0 Å². The van der Waals surface area contributed by atoms with E-state index >= 15 is 0 Å². The number of benzene rings is 1. The van der Waals surface area contributed by atoms with Crippen molar-refractivity contribution in [2.24, 2.45) is 5.41 Å². The zero-order valence-electron chi connectivity index (χ0n) is 11.1. The summed E-state index contributed by atoms with van der Waals surface area (Å²) >= 11 is 0. The Kier molecular flexibility index (Phi) is 3.88. The molecule has 0 radical (unpaired) electrons. The number of hydrogen-bond donors (Lipinski definition) is 2. The Morgan fingerprint density at radius 3 is 2.42 bits per heavy atom. The first-order valence-corrected chi connectivity index (χ1v) is 6.65. The van der Waals surface area contributed by atoms with E-state index in [0.29, 0.717) is 6.42 Å². The monoisotopic (exact) mass is 261 g/mol. The summed E-state index contributed by atoms with van der Waals surface area (Å²) in [5.41, 5.74) is 0.612. The van der Waals surface area contributed by atoms with E-state index in [1.54, 1.807) is 0 Å². The lowest BCUT2D eigenvalue weighted by Crippen LogP contribution is -2.45. The van der Waals surface area contributed by atoms with Gasteiger partial charge in [0.05, 0.1) is 0 Å². The van der Waals surface area contributed by atoms with Gasteiger partial charge < -0.3 is 10.4 Å². The Balaban J connectivity index is 2.01. The number of carbonyl (C=O) groups excluding carboxylic acids is 1. The number of amides is 1. The minimum absolute atomic E-state index is 0.113. The summed E-state index contributed by atoms with van der Waals surface area (Å²) in [6, 6.07) is 8.51. The van der Waals surface area contributed by atoms with E-state index in [1.807, 2.05) is 37.3 Å². The average Bonchev–Trinajstić information content (AvgIpc) is 3.20. The Morgan fingerprint density at radius 2 is 1.95 bits per heavy atom. The summed E-state index contributed by atoms with van der Waals surface area (Å²) in [6.07, 6.45) is 2.83. The lowest BCUT2D eigenvalue weighted by Gasteiger charge is -2.18. The van der Waals surface area contributed by atoms with E-state index < -0.39 is 12.0 Å². The molecule has 1 aromatic carbocycles. The largest absolute Gasteiger partial charge is 0.480 e. The number of aliphatic carboxylic acids is 1. The second kappa shape index (κ2) is 5.43. The predicted octanol–water partition coefficient (Wildman–Crippen LogP) is 1.99. The highest BCUT2D eigenvalue weighted by molar-refractivity contribution is 5.89. The van der Waals surface area contributed by atoms with E-state index in [1.165, 1.54) is 0 Å². The molecule has 1 atom stereocenters. The van der Waals surface area contributed by atoms with Crippen molar-refractivity contribution in [3.63, 3.8) is 0 Å². The fourth-order valence-electron chi connectivity index (χ4n) is 2.25. The van der Waals surface area contributed by atoms with E-state index in [4.69, 9.17) is 0 Å². The van der Waals surface area contributed by atoms with Crippen molar-refractivity contribution in [2.45, 2.75) is 38.6 Å². The molecular weight excluding hydrogens is 242 g/mol. The predicted molar refractivity (Wildman–Crippen MR) is 71.7 cm³/mol. The third-order valence-electron chi connectivity index (χ3n) is 3.90. The molecule has 1 amide bonds. The molecular formula is C15H19NO3. The molecule has 1 saturated carbocycles. The van der Waals surface area contributed by atoms with Crippen LogP contribution in [0, 0.1) is 5.41 Å². The van der Waals surface area contributed by atoms with E-state index in [9.17, 15) is 14.7 Å². The van der Waals surface area contributed by atoms with Gasteiger partial charge in [-0.15, -0.1) is 0 Å². The quantitative estimate of drug-likeness (QED) is 0.823. The second-order valence-corrected chi connectivity index (χ2v) is 5.19. The lowest BCUT2D eigenvalue weighted by molar-refractivity contribution is -0.142. The van der Waals surface area contributed by atoms with Gasteiger partial charge in [-0.2, -0.15) is 0 Å². The van der Waals surface area contributed by atoms with Crippen LogP contribution in [0.15, 0.2) is 30.3 Å². The Morgan fingerprint density at radius 1 is 1.32 bits per heavy atom. The van der Waals surface area contributed by atoms with E-state index in [0.717, 1.165) is 24.8 Å². The minimum Gasteiger partial charge on any atom is -0.480 e. The molecule has 1 aliphatic carbocycles. The molecule has 4 heteroatoms. The molecule has 4 nitrogen and oxygen atoms in total. The molecule has 0 aromatic heterocycles. The number of nitrogens with one attached hydrogen (secondary N) is 1. The van der Waals surface area contributed by atoms with Crippen LogP contribution in [0.4, 0.5) is 0 Å². The molecule has 0 spiro atoms. The minimum atomic E-state index is -0.982. The summed E-state index contributed by atoms with van der Waals surface area (Å²) < 4.78 is 0. The summed E-state index contributed by atoms with van der Waals surface area (Å²) in [6.45, 7) is 1.97. The summed E-state index contributed by atoms with van der Waals surface area (Å²) in [4.78, 5) is 23.3. The van der Waals surface area contributed by atoms with Gasteiger partial charge in [0.2, 0.25) is 5.91 Å². The van der Waals surface area contributed by atoms with E-state index in [-0.39, 0.29) is 11.3 Å². The van der Waals surface area contributed by atoms with Crippen molar-refractivity contribution >= 4 is 11.9 Å². The summed E-state index contributed by atoms with van der Waals surface area (Å²) in [5, 5.41) is 11.9. The highest BCUT2D eigenvalue weighted by Gasteiger charge is 2.48. The normalized spacial score (nSPS) is 17.5. The highest BCUT2D eigenvalue weighted by Crippen LogP contribution is 2.48. The van der Waals surface area contributed by atoms with E-state index in [2.05, 4.69) is 5.32 Å². The molecule has 0 heterocycles. The van der Waals surface area contributed by atoms with Crippen LogP contribution in [0.3, 0.4) is 0 Å². The third-order valence-corrected chi connectivity index (χ3v) is 3.90. The molecule has 19 heavy (non-hydrogen) atoms. The number of rotatable bonds is 6. The lowest BCUT2D eigenvalue weighted by atomic mass is 10.0. The van der Waals surface area contributed by atoms with Gasteiger partial charge in [-0.1, -0.05) is 37.3 Å². The second-order valence-electron chi connectivity index (χ2n) is 5.19. The van der Waals surface area contributed by atoms with Crippen LogP contribution in [0.2, 0.25) is 0 Å². The molecule has 0 saturated heterocycles. The number of carboxylic acids is 1. The Bertz CT molecular complexity index is 466. The first-order valence-electron chi connectivity index (χ1n) is 6.65. The maximum atomic E-state index is 12.1. The fraction of sp³-hybridized carbons (Fsp3) is 0.467. The van der Waals surface area contributed by atoms with Crippen LogP contribution in [0.25, 0.3) is 0 Å². The van der Waals surface area contributed by atoms with Crippen molar-refractivity contribution in [2.75, 3.05) is 0 Å². The van der Waals surface area contributed by atoms with Crippen LogP contribution in [-0.4, -0.2) is 23.0 Å². The molecule has 1 aliphatic rings. The zero-order chi connectivity index (χ0) is 13.9. The van der Waals surface area contributed by atoms with Crippen molar-refractivity contribution in [1.29, 1.82) is 0 Å². The van der Waals surface area contributed by atoms with Crippen LogP contribution in [0.5, 0.6) is 0 Å². The molecule has 102 valence electrons. The molecule has 2 N–H and O–H groups in total.